The highest BCUT2D eigenvalue weighted by atomic mass is 35.5. The summed E-state index contributed by atoms with van der Waals surface area (Å²) in [4.78, 5) is 20.9. The molecule has 0 radical (unpaired) electrons. The van der Waals surface area contributed by atoms with E-state index >= 15 is 0 Å². The van der Waals surface area contributed by atoms with E-state index in [2.05, 4.69) is 22.6 Å². The number of rotatable bonds is 1. The highest BCUT2D eigenvalue weighted by Crippen LogP contribution is 2.21. The van der Waals surface area contributed by atoms with Gasteiger partial charge < -0.3 is 0 Å². The van der Waals surface area contributed by atoms with Crippen LogP contribution in [0.25, 0.3) is 0 Å². The Kier molecular flexibility index (Phi) is 2.60. The van der Waals surface area contributed by atoms with Crippen molar-refractivity contribution in [2.24, 2.45) is 0 Å². The zero-order valence-electron chi connectivity index (χ0n) is 7.22. The van der Waals surface area contributed by atoms with E-state index in [4.69, 9.17) is 11.6 Å². The number of halogens is 1. The van der Waals surface area contributed by atoms with Crippen LogP contribution in [0.1, 0.15) is 6.42 Å². The molecule has 1 aliphatic rings. The van der Waals surface area contributed by atoms with Crippen molar-refractivity contribution < 1.29 is 4.79 Å². The highest BCUT2D eigenvalue weighted by molar-refractivity contribution is 7.81. The van der Waals surface area contributed by atoms with Crippen LogP contribution in [0.5, 0.6) is 0 Å². The average molecular weight is 230 g/mol. The first-order chi connectivity index (χ1) is 6.66. The molecule has 1 unspecified atom stereocenters. The summed E-state index contributed by atoms with van der Waals surface area (Å²) in [6.07, 6.45) is 3.37. The molecule has 0 saturated carbocycles. The molecule has 6 heteroatoms. The monoisotopic (exact) mass is 229 g/mol. The number of hydrogen-bond donors (Lipinski definition) is 1. The summed E-state index contributed by atoms with van der Waals surface area (Å²) in [6, 6.07) is 0. The van der Waals surface area contributed by atoms with Gasteiger partial charge in [0.2, 0.25) is 5.91 Å². The second-order valence-electron chi connectivity index (χ2n) is 3.06. The second-order valence-corrected chi connectivity index (χ2v) is 4.18. The Morgan fingerprint density at radius 3 is 2.79 bits per heavy atom. The van der Waals surface area contributed by atoms with Crippen LogP contribution >= 0.6 is 24.2 Å². The Bertz CT molecular complexity index is 356. The number of nitrogens with zero attached hydrogens (tertiary/aromatic N) is 3. The summed E-state index contributed by atoms with van der Waals surface area (Å²) < 4.78 is 0. The fourth-order valence-electron chi connectivity index (χ4n) is 1.36. The van der Waals surface area contributed by atoms with Crippen LogP contribution in [0.2, 0.25) is 5.15 Å². The smallest absolute Gasteiger partial charge is 0.229 e. The number of aromatic nitrogens is 2. The Balaban J connectivity index is 2.23. The fraction of sp³-hybridized carbons (Fsp3) is 0.375. The summed E-state index contributed by atoms with van der Waals surface area (Å²) in [5.41, 5.74) is 0. The summed E-state index contributed by atoms with van der Waals surface area (Å²) in [5.74, 6) is 0.567. The molecule has 74 valence electrons. The molecule has 1 amide bonds. The van der Waals surface area contributed by atoms with Crippen molar-refractivity contribution in [1.29, 1.82) is 0 Å². The molecule has 14 heavy (non-hydrogen) atoms. The van der Waals surface area contributed by atoms with Crippen LogP contribution in [0.4, 0.5) is 5.82 Å². The molecule has 0 aromatic carbocycles. The van der Waals surface area contributed by atoms with Crippen molar-refractivity contribution in [3.05, 3.63) is 17.5 Å². The zero-order valence-corrected chi connectivity index (χ0v) is 8.87. The van der Waals surface area contributed by atoms with Crippen molar-refractivity contribution in [3.8, 4) is 0 Å². The summed E-state index contributed by atoms with van der Waals surface area (Å²) in [7, 11) is 0. The maximum Gasteiger partial charge on any atom is 0.229 e. The van der Waals surface area contributed by atoms with Gasteiger partial charge in [-0.1, -0.05) is 11.6 Å². The van der Waals surface area contributed by atoms with E-state index in [-0.39, 0.29) is 11.2 Å². The number of amides is 1. The van der Waals surface area contributed by atoms with Crippen molar-refractivity contribution in [2.75, 3.05) is 11.4 Å². The van der Waals surface area contributed by atoms with Crippen molar-refractivity contribution in [1.82, 2.24) is 9.97 Å². The lowest BCUT2D eigenvalue weighted by atomic mass is 10.4. The third-order valence-electron chi connectivity index (χ3n) is 1.99. The van der Waals surface area contributed by atoms with E-state index in [9.17, 15) is 4.79 Å². The lowest BCUT2D eigenvalue weighted by Crippen LogP contribution is -2.25. The summed E-state index contributed by atoms with van der Waals surface area (Å²) >= 11 is 9.84. The van der Waals surface area contributed by atoms with Crippen LogP contribution < -0.4 is 4.90 Å². The molecule has 4 nitrogen and oxygen atoms in total. The van der Waals surface area contributed by atoms with Crippen LogP contribution in [0.15, 0.2) is 12.4 Å². The van der Waals surface area contributed by atoms with Crippen molar-refractivity contribution in [3.63, 3.8) is 0 Å². The molecule has 0 bridgehead atoms. The molecule has 0 spiro atoms. The Labute approximate surface area is 91.7 Å². The molecule has 1 atom stereocenters. The molecule has 2 rings (SSSR count). The zero-order chi connectivity index (χ0) is 10.1. The van der Waals surface area contributed by atoms with Crippen LogP contribution in [0, 0.1) is 0 Å². The first-order valence-electron chi connectivity index (χ1n) is 4.13. The van der Waals surface area contributed by atoms with Gasteiger partial charge in [-0.15, -0.1) is 0 Å². The van der Waals surface area contributed by atoms with E-state index in [1.54, 1.807) is 4.90 Å². The first-order valence-corrected chi connectivity index (χ1v) is 5.02. The molecule has 1 aromatic rings. The molecule has 1 saturated heterocycles. The molecule has 1 fully saturated rings. The Morgan fingerprint density at radius 2 is 2.29 bits per heavy atom. The lowest BCUT2D eigenvalue weighted by molar-refractivity contribution is -0.117. The minimum Gasteiger partial charge on any atom is -0.294 e. The number of thiol groups is 1. The van der Waals surface area contributed by atoms with Crippen LogP contribution in [-0.2, 0) is 4.79 Å². The minimum absolute atomic E-state index is 0.0293. The van der Waals surface area contributed by atoms with Gasteiger partial charge in [-0.2, -0.15) is 12.6 Å². The average Bonchev–Trinajstić information content (AvgIpc) is 2.47. The maximum absolute atomic E-state index is 11.4. The quantitative estimate of drug-likeness (QED) is 0.736. The van der Waals surface area contributed by atoms with Crippen LogP contribution in [-0.4, -0.2) is 27.7 Å². The highest BCUT2D eigenvalue weighted by Gasteiger charge is 2.29. The predicted octanol–water partition coefficient (Wildman–Crippen LogP) is 1.17. The molecule has 1 aromatic heterocycles. The van der Waals surface area contributed by atoms with Gasteiger partial charge in [-0.3, -0.25) is 9.69 Å². The van der Waals surface area contributed by atoms with Crippen molar-refractivity contribution in [2.45, 2.75) is 11.7 Å². The van der Waals surface area contributed by atoms with E-state index in [1.165, 1.54) is 12.4 Å². The van der Waals surface area contributed by atoms with Gasteiger partial charge >= 0.3 is 0 Å². The van der Waals surface area contributed by atoms with Gasteiger partial charge in [0.15, 0.2) is 5.82 Å². The number of anilines is 1. The van der Waals surface area contributed by atoms with E-state index in [0.29, 0.717) is 23.9 Å². The standard InChI is InChI=1S/C8H8ClN3OS/c9-6-2-11-7(3-10-6)12-4-5(14)1-8(12)13/h2-3,5,14H,1,4H2. The predicted molar refractivity (Wildman–Crippen MR) is 56.8 cm³/mol. The lowest BCUT2D eigenvalue weighted by Gasteiger charge is -2.13. The van der Waals surface area contributed by atoms with Gasteiger partial charge in [0.1, 0.15) is 5.15 Å². The van der Waals surface area contributed by atoms with Gasteiger partial charge in [0.25, 0.3) is 0 Å². The maximum atomic E-state index is 11.4. The van der Waals surface area contributed by atoms with E-state index in [0.717, 1.165) is 0 Å². The number of carbonyl (C=O) groups is 1. The molecule has 1 aliphatic heterocycles. The Morgan fingerprint density at radius 1 is 1.50 bits per heavy atom. The van der Waals surface area contributed by atoms with E-state index < -0.39 is 0 Å². The second kappa shape index (κ2) is 3.74. The van der Waals surface area contributed by atoms with Gasteiger partial charge in [0.05, 0.1) is 12.4 Å². The molecular weight excluding hydrogens is 222 g/mol. The van der Waals surface area contributed by atoms with Gasteiger partial charge in [-0.25, -0.2) is 9.97 Å². The third kappa shape index (κ3) is 1.83. The van der Waals surface area contributed by atoms with E-state index in [1.807, 2.05) is 0 Å². The first kappa shape index (κ1) is 9.73. The molecule has 0 aliphatic carbocycles. The van der Waals surface area contributed by atoms with Gasteiger partial charge in [0, 0.05) is 18.2 Å². The molecule has 0 N–H and O–H groups in total. The molecule has 2 heterocycles. The topological polar surface area (TPSA) is 46.1 Å². The van der Waals surface area contributed by atoms with Crippen LogP contribution in [0.3, 0.4) is 0 Å². The third-order valence-corrected chi connectivity index (χ3v) is 2.53. The number of hydrogen-bond acceptors (Lipinski definition) is 4. The van der Waals surface area contributed by atoms with Crippen molar-refractivity contribution >= 4 is 36.0 Å². The van der Waals surface area contributed by atoms with Gasteiger partial charge in [-0.05, 0) is 0 Å². The summed E-state index contributed by atoms with van der Waals surface area (Å²) in [6.45, 7) is 0.582. The SMILES string of the molecule is O=C1CC(S)CN1c1cnc(Cl)cn1. The largest absolute Gasteiger partial charge is 0.294 e. The number of carbonyl (C=O) groups excluding carboxylic acids is 1. The minimum atomic E-state index is 0.0293. The summed E-state index contributed by atoms with van der Waals surface area (Å²) in [5, 5.41) is 0.405. The fourth-order valence-corrected chi connectivity index (χ4v) is 1.77. The Hall–Kier alpha value is -0.810. The molecular formula is C8H8ClN3OS. The normalized spacial score (nSPS) is 21.7.